The van der Waals surface area contributed by atoms with Gasteiger partial charge in [-0.1, -0.05) is 12.8 Å². The van der Waals surface area contributed by atoms with Crippen molar-refractivity contribution < 1.29 is 9.58 Å². The number of fused-ring (bicyclic) bond motifs is 2. The lowest BCUT2D eigenvalue weighted by Crippen LogP contribution is -2.45. The Hall–Kier alpha value is -2.15. The van der Waals surface area contributed by atoms with Gasteiger partial charge in [-0.05, 0) is 62.4 Å². The highest BCUT2D eigenvalue weighted by Crippen LogP contribution is 2.24. The van der Waals surface area contributed by atoms with E-state index in [1.807, 2.05) is 12.1 Å². The van der Waals surface area contributed by atoms with Crippen LogP contribution in [0.5, 0.6) is 0 Å². The second-order valence-electron chi connectivity index (χ2n) is 7.14. The Balaban J connectivity index is 1.51. The topological polar surface area (TPSA) is 82.0 Å². The molecule has 25 heavy (non-hydrogen) atoms. The van der Waals surface area contributed by atoms with E-state index >= 15 is 0 Å². The highest BCUT2D eigenvalue weighted by atomic mass is 16.5. The molecule has 2 heterocycles. The molecule has 4 rings (SSSR count). The summed E-state index contributed by atoms with van der Waals surface area (Å²) in [5.41, 5.74) is 3.11. The van der Waals surface area contributed by atoms with Crippen LogP contribution in [0.3, 0.4) is 0 Å². The van der Waals surface area contributed by atoms with Crippen molar-refractivity contribution in [2.45, 2.75) is 44.9 Å². The van der Waals surface area contributed by atoms with Crippen molar-refractivity contribution in [1.29, 1.82) is 0 Å². The highest BCUT2D eigenvalue weighted by Gasteiger charge is 2.23. The van der Waals surface area contributed by atoms with Crippen LogP contribution in [0.2, 0.25) is 0 Å². The minimum Gasteiger partial charge on any atom is -0.739 e. The van der Waals surface area contributed by atoms with Gasteiger partial charge in [0.05, 0.1) is 6.54 Å². The van der Waals surface area contributed by atoms with Gasteiger partial charge in [0.15, 0.2) is 5.52 Å². The Bertz CT molecular complexity index is 772. The molecule has 0 unspecified atom stereocenters. The predicted molar refractivity (Wildman–Crippen MR) is 95.1 cm³/mol. The van der Waals surface area contributed by atoms with Gasteiger partial charge in [-0.2, -0.15) is 0 Å². The fourth-order valence-corrected chi connectivity index (χ4v) is 4.00. The molecular weight excluding hydrogens is 318 g/mol. The first-order valence-corrected chi connectivity index (χ1v) is 9.37. The molecule has 0 bridgehead atoms. The largest absolute Gasteiger partial charge is 0.739 e. The Kier molecular flexibility index (Phi) is 4.57. The van der Waals surface area contributed by atoms with Crippen LogP contribution >= 0.6 is 0 Å². The molecule has 1 saturated heterocycles. The van der Waals surface area contributed by atoms with Crippen LogP contribution in [0.4, 0.5) is 5.95 Å². The third-order valence-corrected chi connectivity index (χ3v) is 5.40. The van der Waals surface area contributed by atoms with Gasteiger partial charge in [0.25, 0.3) is 5.52 Å². The van der Waals surface area contributed by atoms with Crippen molar-refractivity contribution in [1.82, 2.24) is 10.00 Å². The summed E-state index contributed by atoms with van der Waals surface area (Å²) < 4.78 is 0.769. The number of hydrogen-bond donors (Lipinski definition) is 1. The summed E-state index contributed by atoms with van der Waals surface area (Å²) in [7, 11) is 0. The quantitative estimate of drug-likeness (QED) is 0.668. The molecule has 7 nitrogen and oxygen atoms in total. The molecule has 1 aromatic heterocycles. The monoisotopic (exact) mass is 343 g/mol. The van der Waals surface area contributed by atoms with Crippen LogP contribution in [-0.4, -0.2) is 36.2 Å². The van der Waals surface area contributed by atoms with Gasteiger partial charge in [-0.15, -0.1) is 0 Å². The zero-order valence-corrected chi connectivity index (χ0v) is 14.5. The molecule has 2 aromatic rings. The summed E-state index contributed by atoms with van der Waals surface area (Å²) in [6, 6.07) is 3.69. The first kappa shape index (κ1) is 16.3. The molecule has 7 heteroatoms. The van der Waals surface area contributed by atoms with Crippen molar-refractivity contribution in [2.24, 2.45) is 0 Å². The summed E-state index contributed by atoms with van der Waals surface area (Å²) in [5.74, 6) is 0.0928. The molecule has 0 saturated carbocycles. The molecule has 0 radical (unpaired) electrons. The fraction of sp³-hybridized carbons (Fsp3) is 0.611. The van der Waals surface area contributed by atoms with E-state index < -0.39 is 0 Å². The maximum Gasteiger partial charge on any atom is 0.461 e. The van der Waals surface area contributed by atoms with Crippen LogP contribution in [0.15, 0.2) is 12.1 Å². The smallest absolute Gasteiger partial charge is 0.461 e. The maximum atomic E-state index is 12.6. The van der Waals surface area contributed by atoms with Crippen molar-refractivity contribution in [2.75, 3.05) is 31.5 Å². The molecular formula is C18H25N5O2. The Morgan fingerprint density at radius 1 is 0.960 bits per heavy atom. The average molecular weight is 343 g/mol. The summed E-state index contributed by atoms with van der Waals surface area (Å²) in [5, 5.41) is 31.9. The summed E-state index contributed by atoms with van der Waals surface area (Å²) in [6.07, 6.45) is 8.11. The molecule has 0 atom stereocenters. The number of aromatic nitrogens is 3. The van der Waals surface area contributed by atoms with Crippen molar-refractivity contribution in [3.05, 3.63) is 33.7 Å². The molecule has 1 aliphatic carbocycles. The minimum atomic E-state index is 0.0928. The summed E-state index contributed by atoms with van der Waals surface area (Å²) in [4.78, 5) is 2.99. The number of aryl methyl sites for hydroxylation is 2. The molecule has 134 valence electrons. The Labute approximate surface area is 147 Å². The normalized spacial score (nSPS) is 18.2. The standard InChI is InChI=1S/C18H25N5O2/c24-22-16-12-14-6-5-7-15(14)13-17(16)23(25)20-18(22)19-8-11-21-9-3-1-2-4-10-21/h12-13H,1-11H2,(H,19,20). The molecule has 1 aromatic carbocycles. The first-order chi connectivity index (χ1) is 12.2. The van der Waals surface area contributed by atoms with Gasteiger partial charge >= 0.3 is 5.95 Å². The molecule has 1 N–H and O–H groups in total. The number of benzene rings is 1. The van der Waals surface area contributed by atoms with Crippen LogP contribution in [0.25, 0.3) is 11.0 Å². The van der Waals surface area contributed by atoms with E-state index in [4.69, 9.17) is 0 Å². The van der Waals surface area contributed by atoms with Crippen molar-refractivity contribution in [3.63, 3.8) is 0 Å². The van der Waals surface area contributed by atoms with Crippen LogP contribution in [0, 0.1) is 10.4 Å². The minimum absolute atomic E-state index is 0.0928. The average Bonchev–Trinajstić information content (AvgIpc) is 2.92. The molecule has 1 aliphatic heterocycles. The van der Waals surface area contributed by atoms with E-state index in [2.05, 4.69) is 15.3 Å². The number of nitrogens with zero attached hydrogens (tertiary/aromatic N) is 4. The molecule has 0 amide bonds. The number of anilines is 1. The third kappa shape index (κ3) is 3.33. The SMILES string of the molecule is [O-][n+]1nc(NCCN2CCCCCC2)[n+]([O-])c2cc3c(cc21)CCC3. The summed E-state index contributed by atoms with van der Waals surface area (Å²) in [6.45, 7) is 3.70. The highest BCUT2D eigenvalue weighted by molar-refractivity contribution is 5.71. The van der Waals surface area contributed by atoms with E-state index in [1.54, 1.807) is 0 Å². The van der Waals surface area contributed by atoms with Gasteiger partial charge in [0.2, 0.25) is 5.10 Å². The second kappa shape index (κ2) is 7.00. The zero-order valence-electron chi connectivity index (χ0n) is 14.5. The predicted octanol–water partition coefficient (Wildman–Crippen LogP) is 1.28. The molecule has 1 fully saturated rings. The lowest BCUT2D eigenvalue weighted by atomic mass is 10.1. The van der Waals surface area contributed by atoms with E-state index in [1.165, 1.54) is 36.8 Å². The van der Waals surface area contributed by atoms with E-state index in [0.29, 0.717) is 22.4 Å². The van der Waals surface area contributed by atoms with Gasteiger partial charge < -0.3 is 15.3 Å². The van der Waals surface area contributed by atoms with Crippen molar-refractivity contribution in [3.8, 4) is 0 Å². The molecule has 2 aliphatic rings. The third-order valence-electron chi connectivity index (χ3n) is 5.40. The summed E-state index contributed by atoms with van der Waals surface area (Å²) >= 11 is 0. The van der Waals surface area contributed by atoms with Gasteiger partial charge in [-0.3, -0.25) is 5.32 Å². The lowest BCUT2D eigenvalue weighted by Gasteiger charge is -2.18. The molecule has 0 spiro atoms. The Morgan fingerprint density at radius 2 is 1.64 bits per heavy atom. The van der Waals surface area contributed by atoms with Gasteiger partial charge in [0, 0.05) is 17.5 Å². The fourth-order valence-electron chi connectivity index (χ4n) is 4.00. The zero-order chi connectivity index (χ0) is 17.2. The van der Waals surface area contributed by atoms with Crippen LogP contribution < -0.4 is 14.9 Å². The number of hydrogen-bond acceptors (Lipinski definition) is 5. The second-order valence-corrected chi connectivity index (χ2v) is 7.14. The van der Waals surface area contributed by atoms with E-state index in [-0.39, 0.29) is 5.95 Å². The van der Waals surface area contributed by atoms with Gasteiger partial charge in [0.1, 0.15) is 0 Å². The number of rotatable bonds is 4. The van der Waals surface area contributed by atoms with Gasteiger partial charge in [-0.25, -0.2) is 4.73 Å². The van der Waals surface area contributed by atoms with E-state index in [0.717, 1.165) is 43.6 Å². The Morgan fingerprint density at radius 3 is 2.36 bits per heavy atom. The lowest BCUT2D eigenvalue weighted by molar-refractivity contribution is -0.672. The maximum absolute atomic E-state index is 12.6. The van der Waals surface area contributed by atoms with E-state index in [9.17, 15) is 10.4 Å². The first-order valence-electron chi connectivity index (χ1n) is 9.37. The van der Waals surface area contributed by atoms with Crippen LogP contribution in [-0.2, 0) is 12.8 Å². The number of likely N-dealkylation sites (tertiary alicyclic amines) is 1. The number of nitrogens with one attached hydrogen (secondary N) is 1. The van der Waals surface area contributed by atoms with Crippen LogP contribution in [0.1, 0.15) is 43.2 Å². The van der Waals surface area contributed by atoms with Crippen molar-refractivity contribution >= 4 is 17.0 Å².